The van der Waals surface area contributed by atoms with Gasteiger partial charge in [0.25, 0.3) is 0 Å². The molecular weight excluding hydrogens is 316 g/mol. The van der Waals surface area contributed by atoms with Crippen molar-refractivity contribution in [2.45, 2.75) is 26.1 Å². The fourth-order valence-corrected chi connectivity index (χ4v) is 3.08. The van der Waals surface area contributed by atoms with E-state index in [-0.39, 0.29) is 12.2 Å². The molecule has 1 aliphatic rings. The molecule has 6 heteroatoms. The van der Waals surface area contributed by atoms with Crippen LogP contribution in [0.1, 0.15) is 25.5 Å². The third-order valence-electron chi connectivity index (χ3n) is 4.45. The van der Waals surface area contributed by atoms with Gasteiger partial charge >= 0.3 is 0 Å². The van der Waals surface area contributed by atoms with Crippen LogP contribution in [-0.4, -0.2) is 41.0 Å². The molecule has 1 aliphatic heterocycles. The van der Waals surface area contributed by atoms with Crippen LogP contribution in [0.5, 0.6) is 5.75 Å². The van der Waals surface area contributed by atoms with Gasteiger partial charge in [-0.15, -0.1) is 0 Å². The van der Waals surface area contributed by atoms with Crippen LogP contribution >= 0.6 is 0 Å². The van der Waals surface area contributed by atoms with Crippen molar-refractivity contribution in [3.05, 3.63) is 42.2 Å². The van der Waals surface area contributed by atoms with E-state index in [2.05, 4.69) is 33.5 Å². The van der Waals surface area contributed by atoms with Crippen LogP contribution in [0.2, 0.25) is 0 Å². The first-order valence-corrected chi connectivity index (χ1v) is 8.63. The number of rotatable bonds is 0. The molecule has 4 rings (SSSR count). The predicted molar refractivity (Wildman–Crippen MR) is 96.7 cm³/mol. The fourth-order valence-electron chi connectivity index (χ4n) is 3.08. The predicted octanol–water partition coefficient (Wildman–Crippen LogP) is 3.07. The highest BCUT2D eigenvalue weighted by Gasteiger charge is 2.14. The van der Waals surface area contributed by atoms with Crippen LogP contribution in [0, 0.1) is 0 Å². The lowest BCUT2D eigenvalue weighted by Crippen LogP contribution is -2.31. The van der Waals surface area contributed by atoms with Gasteiger partial charge in [0.2, 0.25) is 0 Å². The zero-order valence-electron chi connectivity index (χ0n) is 14.5. The highest BCUT2D eigenvalue weighted by Crippen LogP contribution is 2.30. The van der Waals surface area contributed by atoms with Gasteiger partial charge in [0.1, 0.15) is 17.5 Å². The number of nitrogens with one attached hydrogen (secondary N) is 2. The van der Waals surface area contributed by atoms with E-state index < -0.39 is 0 Å². The largest absolute Gasteiger partial charge is 0.489 e. The topological polar surface area (TPSA) is 72.1 Å². The number of nitrogens with zero attached hydrogens (tertiary/aromatic N) is 2. The second kappa shape index (κ2) is 6.82. The van der Waals surface area contributed by atoms with Crippen molar-refractivity contribution in [2.24, 2.45) is 0 Å². The van der Waals surface area contributed by atoms with Crippen molar-refractivity contribution in [3.63, 3.8) is 0 Å². The Bertz CT molecular complexity index is 877. The van der Waals surface area contributed by atoms with E-state index in [9.17, 15) is 0 Å². The first-order valence-electron chi connectivity index (χ1n) is 8.63. The van der Waals surface area contributed by atoms with E-state index >= 15 is 0 Å². The number of ether oxygens (including phenoxy) is 2. The van der Waals surface area contributed by atoms with Crippen LogP contribution in [0.25, 0.3) is 22.2 Å². The van der Waals surface area contributed by atoms with Crippen LogP contribution < -0.4 is 10.1 Å². The Balaban J connectivity index is 1.81. The lowest BCUT2D eigenvalue weighted by Gasteiger charge is -2.16. The number of aromatic amines is 1. The molecule has 2 N–H and O–H groups in total. The molecule has 0 fully saturated rings. The van der Waals surface area contributed by atoms with Gasteiger partial charge in [0, 0.05) is 36.4 Å². The summed E-state index contributed by atoms with van der Waals surface area (Å²) in [7, 11) is 0. The van der Waals surface area contributed by atoms with Gasteiger partial charge in [0.05, 0.1) is 18.2 Å². The fraction of sp³-hybridized carbons (Fsp3) is 0.368. The van der Waals surface area contributed by atoms with Gasteiger partial charge in [-0.3, -0.25) is 10.1 Å². The van der Waals surface area contributed by atoms with Crippen LogP contribution in [-0.2, 0) is 4.74 Å². The van der Waals surface area contributed by atoms with Gasteiger partial charge in [0.15, 0.2) is 0 Å². The Hall–Kier alpha value is -2.44. The average Bonchev–Trinajstić information content (AvgIpc) is 3.04. The Morgan fingerprint density at radius 2 is 2.08 bits per heavy atom. The molecule has 25 heavy (non-hydrogen) atoms. The number of H-pyrrole nitrogens is 1. The van der Waals surface area contributed by atoms with Crippen molar-refractivity contribution >= 4 is 10.9 Å². The molecular formula is C19H22N4O2. The van der Waals surface area contributed by atoms with Crippen LogP contribution in [0.3, 0.4) is 0 Å². The standard InChI is InChI=1S/C19H22N4O2/c1-12-9-20-5-6-24-13(2)14-7-15(11-21-10-14)19-17-8-16(25-12)3-4-18(17)22-23-19/h3-4,7-8,10-13,20H,5-6,9H2,1-2H3,(H,22,23)/t12-,13-/m1/s1. The van der Waals surface area contributed by atoms with E-state index in [4.69, 9.17) is 9.47 Å². The van der Waals surface area contributed by atoms with Crippen molar-refractivity contribution in [1.29, 1.82) is 0 Å². The van der Waals surface area contributed by atoms with Crippen molar-refractivity contribution in [2.75, 3.05) is 19.7 Å². The number of hydrogen-bond acceptors (Lipinski definition) is 5. The second-order valence-electron chi connectivity index (χ2n) is 6.43. The van der Waals surface area contributed by atoms with E-state index in [0.717, 1.165) is 46.6 Å². The summed E-state index contributed by atoms with van der Waals surface area (Å²) in [5, 5.41) is 12.0. The summed E-state index contributed by atoms with van der Waals surface area (Å²) in [6, 6.07) is 8.11. The molecule has 2 atom stereocenters. The van der Waals surface area contributed by atoms with Gasteiger partial charge < -0.3 is 14.8 Å². The lowest BCUT2D eigenvalue weighted by molar-refractivity contribution is 0.0663. The van der Waals surface area contributed by atoms with Crippen LogP contribution in [0.15, 0.2) is 36.7 Å². The Morgan fingerprint density at radius 1 is 1.16 bits per heavy atom. The van der Waals surface area contributed by atoms with E-state index in [1.165, 1.54) is 0 Å². The maximum atomic E-state index is 6.04. The molecule has 2 aromatic heterocycles. The molecule has 6 nitrogen and oxygen atoms in total. The molecule has 3 aromatic rings. The lowest BCUT2D eigenvalue weighted by atomic mass is 10.1. The monoisotopic (exact) mass is 338 g/mol. The number of aromatic nitrogens is 3. The second-order valence-corrected chi connectivity index (χ2v) is 6.43. The third kappa shape index (κ3) is 3.36. The quantitative estimate of drug-likeness (QED) is 0.659. The van der Waals surface area contributed by atoms with Gasteiger partial charge in [-0.25, -0.2) is 0 Å². The minimum Gasteiger partial charge on any atom is -0.489 e. The van der Waals surface area contributed by atoms with E-state index in [1.807, 2.05) is 37.5 Å². The summed E-state index contributed by atoms with van der Waals surface area (Å²) < 4.78 is 12.0. The summed E-state index contributed by atoms with van der Waals surface area (Å²) in [6.45, 7) is 6.29. The molecule has 0 radical (unpaired) electrons. The van der Waals surface area contributed by atoms with E-state index in [0.29, 0.717) is 6.61 Å². The molecule has 0 unspecified atom stereocenters. The molecule has 3 heterocycles. The molecule has 1 aromatic carbocycles. The first kappa shape index (κ1) is 16.1. The van der Waals surface area contributed by atoms with Gasteiger partial charge in [-0.05, 0) is 43.7 Å². The molecule has 0 aliphatic carbocycles. The molecule has 0 amide bonds. The minimum absolute atomic E-state index is 0.0196. The maximum Gasteiger partial charge on any atom is 0.120 e. The molecule has 130 valence electrons. The van der Waals surface area contributed by atoms with Crippen LogP contribution in [0.4, 0.5) is 0 Å². The smallest absolute Gasteiger partial charge is 0.120 e. The third-order valence-corrected chi connectivity index (χ3v) is 4.45. The van der Waals surface area contributed by atoms with Crippen molar-refractivity contribution in [3.8, 4) is 17.0 Å². The summed E-state index contributed by atoms with van der Waals surface area (Å²) in [5.74, 6) is 0.841. The molecule has 4 bridgehead atoms. The minimum atomic E-state index is -0.0196. The highest BCUT2D eigenvalue weighted by molar-refractivity contribution is 5.93. The zero-order chi connectivity index (χ0) is 17.2. The summed E-state index contributed by atoms with van der Waals surface area (Å²) in [5.41, 5.74) is 3.87. The van der Waals surface area contributed by atoms with E-state index in [1.54, 1.807) is 0 Å². The Kier molecular flexibility index (Phi) is 4.38. The summed E-state index contributed by atoms with van der Waals surface area (Å²) in [4.78, 5) is 4.38. The highest BCUT2D eigenvalue weighted by atomic mass is 16.5. The molecule has 0 saturated carbocycles. The number of pyridine rings is 1. The SMILES string of the molecule is C[C@@H]1CNCCO[C@H](C)c2cncc(c2)-c2n[nH]c3ccc(cc23)O1. The number of hydrogen-bond donors (Lipinski definition) is 2. The zero-order valence-corrected chi connectivity index (χ0v) is 14.5. The average molecular weight is 338 g/mol. The van der Waals surface area contributed by atoms with Gasteiger partial charge in [-0.2, -0.15) is 5.10 Å². The number of benzene rings is 1. The number of fused-ring (bicyclic) bond motifs is 4. The Morgan fingerprint density at radius 3 is 3.00 bits per heavy atom. The molecule has 0 saturated heterocycles. The molecule has 0 spiro atoms. The Labute approximate surface area is 146 Å². The normalized spacial score (nSPS) is 21.5. The summed E-state index contributed by atoms with van der Waals surface area (Å²) in [6.07, 6.45) is 3.74. The summed E-state index contributed by atoms with van der Waals surface area (Å²) >= 11 is 0. The first-order chi connectivity index (χ1) is 12.2. The van der Waals surface area contributed by atoms with Crippen molar-refractivity contribution in [1.82, 2.24) is 20.5 Å². The van der Waals surface area contributed by atoms with Gasteiger partial charge in [-0.1, -0.05) is 0 Å². The maximum absolute atomic E-state index is 6.04. The van der Waals surface area contributed by atoms with Crippen molar-refractivity contribution < 1.29 is 9.47 Å².